The van der Waals surface area contributed by atoms with Crippen molar-refractivity contribution in [2.75, 3.05) is 10.6 Å². The van der Waals surface area contributed by atoms with Gasteiger partial charge in [0.1, 0.15) is 11.6 Å². The molecule has 0 unspecified atom stereocenters. The fourth-order valence-corrected chi connectivity index (χ4v) is 6.62. The third-order valence-corrected chi connectivity index (χ3v) is 8.54. The molecule has 12 heteroatoms. The van der Waals surface area contributed by atoms with Crippen LogP contribution in [0.2, 0.25) is 0 Å². The van der Waals surface area contributed by atoms with Crippen LogP contribution < -0.4 is 15.4 Å². The van der Waals surface area contributed by atoms with Gasteiger partial charge in [0.25, 0.3) is 0 Å². The monoisotopic (exact) mass is 622 g/mol. The van der Waals surface area contributed by atoms with Gasteiger partial charge < -0.3 is 9.47 Å². The van der Waals surface area contributed by atoms with E-state index >= 15 is 0 Å². The number of hydrogen-bond acceptors (Lipinski definition) is 8. The predicted molar refractivity (Wildman–Crippen MR) is 169 cm³/mol. The van der Waals surface area contributed by atoms with Gasteiger partial charge in [-0.05, 0) is 76.1 Å². The van der Waals surface area contributed by atoms with Crippen LogP contribution in [0, 0.1) is 0 Å². The Balaban J connectivity index is 1.54. The van der Waals surface area contributed by atoms with E-state index in [1.165, 1.54) is 17.4 Å². The van der Waals surface area contributed by atoms with E-state index in [0.717, 1.165) is 16.0 Å². The molecule has 3 aromatic carbocycles. The molecule has 0 atom stereocenters. The summed E-state index contributed by atoms with van der Waals surface area (Å²) in [5, 5.41) is 5.77. The van der Waals surface area contributed by atoms with Gasteiger partial charge in [0.15, 0.2) is 0 Å². The van der Waals surface area contributed by atoms with Crippen LogP contribution in [0.25, 0.3) is 21.0 Å². The standard InChI is InChI=1S/C31H34N4O6S2/c1-20(2)41-30(37)34-24-15-16-25(27(17-24)43(38,39)35-31(3,4)5)28-32-18-26(42-28)22-11-13-23(14-12-22)33-29(36)40-19-21-9-7-6-8-10-21/h6-18,20,35H,19H2,1-5H3,(H,33,36)(H,34,37). The Morgan fingerprint density at radius 1 is 0.907 bits per heavy atom. The molecule has 0 aliphatic heterocycles. The van der Waals surface area contributed by atoms with Gasteiger partial charge in [0.05, 0.1) is 15.9 Å². The molecule has 226 valence electrons. The Bertz CT molecular complexity index is 1680. The third-order valence-electron chi connectivity index (χ3n) is 5.67. The summed E-state index contributed by atoms with van der Waals surface area (Å²) in [5.74, 6) is 0. The molecule has 0 aliphatic rings. The fraction of sp³-hybridized carbons (Fsp3) is 0.258. The van der Waals surface area contributed by atoms with Gasteiger partial charge in [-0.3, -0.25) is 10.6 Å². The summed E-state index contributed by atoms with van der Waals surface area (Å²) in [4.78, 5) is 29.6. The number of anilines is 2. The molecule has 0 spiro atoms. The normalized spacial score (nSPS) is 11.7. The zero-order valence-electron chi connectivity index (χ0n) is 24.5. The largest absolute Gasteiger partial charge is 0.447 e. The van der Waals surface area contributed by atoms with Crippen LogP contribution in [0.5, 0.6) is 0 Å². The van der Waals surface area contributed by atoms with E-state index < -0.39 is 27.7 Å². The van der Waals surface area contributed by atoms with Crippen LogP contribution in [0.3, 0.4) is 0 Å². The Labute approximate surface area is 255 Å². The topological polar surface area (TPSA) is 136 Å². The van der Waals surface area contributed by atoms with Crippen LogP contribution >= 0.6 is 11.3 Å². The molecule has 0 aliphatic carbocycles. The van der Waals surface area contributed by atoms with E-state index in [0.29, 0.717) is 16.3 Å². The summed E-state index contributed by atoms with van der Waals surface area (Å²) in [6, 6.07) is 21.2. The smallest absolute Gasteiger partial charge is 0.411 e. The van der Waals surface area contributed by atoms with Crippen LogP contribution in [-0.4, -0.2) is 37.2 Å². The van der Waals surface area contributed by atoms with E-state index in [4.69, 9.17) is 9.47 Å². The van der Waals surface area contributed by atoms with Crippen molar-refractivity contribution in [3.63, 3.8) is 0 Å². The lowest BCUT2D eigenvalue weighted by Gasteiger charge is -2.22. The number of carbonyl (C=O) groups excluding carboxylic acids is 2. The Morgan fingerprint density at radius 2 is 1.56 bits per heavy atom. The molecule has 1 heterocycles. The van der Waals surface area contributed by atoms with Gasteiger partial charge in [-0.2, -0.15) is 0 Å². The molecule has 0 radical (unpaired) electrons. The molecule has 0 saturated heterocycles. The lowest BCUT2D eigenvalue weighted by Crippen LogP contribution is -2.40. The highest BCUT2D eigenvalue weighted by atomic mass is 32.2. The summed E-state index contributed by atoms with van der Waals surface area (Å²) in [6.07, 6.45) is 0.0756. The average Bonchev–Trinajstić information content (AvgIpc) is 3.41. The first-order valence-electron chi connectivity index (χ1n) is 13.5. The number of carbonyl (C=O) groups is 2. The van der Waals surface area contributed by atoms with E-state index in [1.807, 2.05) is 42.5 Å². The molecule has 0 saturated carbocycles. The SMILES string of the molecule is CC(C)OC(=O)Nc1ccc(-c2ncc(-c3ccc(NC(=O)OCc4ccccc4)cc3)s2)c(S(=O)(=O)NC(C)(C)C)c1. The maximum Gasteiger partial charge on any atom is 0.411 e. The molecule has 2 amide bonds. The van der Waals surface area contributed by atoms with Crippen molar-refractivity contribution in [3.8, 4) is 21.0 Å². The number of thiazole rings is 1. The number of sulfonamides is 1. The molecule has 0 fully saturated rings. The summed E-state index contributed by atoms with van der Waals surface area (Å²) in [5.41, 5.74) is 2.19. The van der Waals surface area contributed by atoms with Crippen molar-refractivity contribution in [1.29, 1.82) is 0 Å². The van der Waals surface area contributed by atoms with E-state index in [-0.39, 0.29) is 23.3 Å². The second kappa shape index (κ2) is 13.4. The van der Waals surface area contributed by atoms with Crippen molar-refractivity contribution >= 4 is 44.9 Å². The lowest BCUT2D eigenvalue weighted by molar-refractivity contribution is 0.130. The molecule has 10 nitrogen and oxygen atoms in total. The predicted octanol–water partition coefficient (Wildman–Crippen LogP) is 7.26. The minimum absolute atomic E-state index is 0.0285. The molecule has 1 aromatic heterocycles. The van der Waals surface area contributed by atoms with Crippen molar-refractivity contribution in [1.82, 2.24) is 9.71 Å². The number of rotatable bonds is 9. The number of nitrogens with one attached hydrogen (secondary N) is 3. The quantitative estimate of drug-likeness (QED) is 0.179. The van der Waals surface area contributed by atoms with Gasteiger partial charge >= 0.3 is 12.2 Å². The first kappa shape index (κ1) is 31.7. The van der Waals surface area contributed by atoms with Crippen LogP contribution in [0.4, 0.5) is 21.0 Å². The highest BCUT2D eigenvalue weighted by molar-refractivity contribution is 7.89. The first-order valence-corrected chi connectivity index (χ1v) is 15.8. The van der Waals surface area contributed by atoms with Crippen molar-refractivity contribution in [2.45, 2.75) is 57.8 Å². The third kappa shape index (κ3) is 9.11. The summed E-state index contributed by atoms with van der Waals surface area (Å²) in [6.45, 7) is 8.84. The minimum Gasteiger partial charge on any atom is -0.447 e. The Morgan fingerprint density at radius 3 is 2.21 bits per heavy atom. The van der Waals surface area contributed by atoms with Gasteiger partial charge in [-0.15, -0.1) is 11.3 Å². The Kier molecular flexibility index (Phi) is 9.84. The molecular formula is C31H34N4O6S2. The molecule has 4 aromatic rings. The summed E-state index contributed by atoms with van der Waals surface area (Å²) < 4.78 is 40.0. The van der Waals surface area contributed by atoms with Gasteiger partial charge in [-0.25, -0.2) is 27.7 Å². The van der Waals surface area contributed by atoms with Gasteiger partial charge in [0.2, 0.25) is 10.0 Å². The molecule has 3 N–H and O–H groups in total. The second-order valence-corrected chi connectivity index (χ2v) is 13.6. The average molecular weight is 623 g/mol. The number of hydrogen-bond donors (Lipinski definition) is 3. The van der Waals surface area contributed by atoms with Crippen LogP contribution in [0.1, 0.15) is 40.2 Å². The highest BCUT2D eigenvalue weighted by Gasteiger charge is 2.27. The zero-order valence-corrected chi connectivity index (χ0v) is 26.1. The first-order chi connectivity index (χ1) is 20.3. The highest BCUT2D eigenvalue weighted by Crippen LogP contribution is 2.37. The molecule has 0 bridgehead atoms. The minimum atomic E-state index is -4.00. The number of benzene rings is 3. The van der Waals surface area contributed by atoms with Crippen molar-refractivity contribution < 1.29 is 27.5 Å². The zero-order chi connectivity index (χ0) is 31.2. The maximum atomic E-state index is 13.5. The summed E-state index contributed by atoms with van der Waals surface area (Å²) >= 11 is 1.31. The van der Waals surface area contributed by atoms with Crippen molar-refractivity contribution in [2.24, 2.45) is 0 Å². The van der Waals surface area contributed by atoms with Crippen molar-refractivity contribution in [3.05, 3.63) is 84.6 Å². The van der Waals surface area contributed by atoms with Crippen LogP contribution in [-0.2, 0) is 26.1 Å². The van der Waals surface area contributed by atoms with E-state index in [9.17, 15) is 18.0 Å². The molecular weight excluding hydrogens is 588 g/mol. The Hall–Kier alpha value is -4.26. The van der Waals surface area contributed by atoms with Gasteiger partial charge in [-0.1, -0.05) is 42.5 Å². The maximum absolute atomic E-state index is 13.5. The van der Waals surface area contributed by atoms with Crippen LogP contribution in [0.15, 0.2) is 83.9 Å². The second-order valence-electron chi connectivity index (χ2n) is 10.9. The lowest BCUT2D eigenvalue weighted by atomic mass is 10.1. The fourth-order valence-electron chi connectivity index (χ4n) is 3.95. The number of aromatic nitrogens is 1. The van der Waals surface area contributed by atoms with E-state index in [1.54, 1.807) is 65.1 Å². The van der Waals surface area contributed by atoms with Gasteiger partial charge in [0, 0.05) is 28.7 Å². The van der Waals surface area contributed by atoms with E-state index in [2.05, 4.69) is 20.3 Å². The molecule has 4 rings (SSSR count). The number of amides is 2. The number of nitrogens with zero attached hydrogens (tertiary/aromatic N) is 1. The molecule has 43 heavy (non-hydrogen) atoms. The summed E-state index contributed by atoms with van der Waals surface area (Å²) in [7, 11) is -4.00. The number of ether oxygens (including phenoxy) is 2.